The standard InChI is InChI=1S/C23H25BrN2O4S/c1-14(2)13-26-22(27)21(11-15-10-18(24)20(30-5)12-19(15)29-4)31-23(26)25-16-6-8-17(28-3)9-7-16/h6-12,14H,13H2,1-5H3. The van der Waals surface area contributed by atoms with E-state index in [-0.39, 0.29) is 5.91 Å². The molecule has 1 amide bonds. The van der Waals surface area contributed by atoms with Gasteiger partial charge < -0.3 is 14.2 Å². The first kappa shape index (κ1) is 23.2. The van der Waals surface area contributed by atoms with E-state index in [1.165, 1.54) is 11.8 Å². The monoisotopic (exact) mass is 504 g/mol. The van der Waals surface area contributed by atoms with Crippen LogP contribution < -0.4 is 14.2 Å². The molecule has 31 heavy (non-hydrogen) atoms. The predicted molar refractivity (Wildman–Crippen MR) is 129 cm³/mol. The number of ether oxygens (including phenoxy) is 3. The highest BCUT2D eigenvalue weighted by Gasteiger charge is 2.34. The summed E-state index contributed by atoms with van der Waals surface area (Å²) in [5.41, 5.74) is 1.54. The fraction of sp³-hybridized carbons (Fsp3) is 0.304. The van der Waals surface area contributed by atoms with Crippen LogP contribution in [-0.4, -0.2) is 43.8 Å². The zero-order valence-corrected chi connectivity index (χ0v) is 20.5. The van der Waals surface area contributed by atoms with Crippen LogP contribution in [0.25, 0.3) is 6.08 Å². The number of hydrogen-bond donors (Lipinski definition) is 0. The molecule has 8 heteroatoms. The number of carbonyl (C=O) groups is 1. The Morgan fingerprint density at radius 1 is 1.06 bits per heavy atom. The van der Waals surface area contributed by atoms with Crippen molar-refractivity contribution >= 4 is 50.5 Å². The zero-order valence-electron chi connectivity index (χ0n) is 18.1. The lowest BCUT2D eigenvalue weighted by molar-refractivity contribution is -0.122. The zero-order chi connectivity index (χ0) is 22.5. The van der Waals surface area contributed by atoms with Gasteiger partial charge in [0.1, 0.15) is 17.2 Å². The molecule has 6 nitrogen and oxygen atoms in total. The van der Waals surface area contributed by atoms with Crippen molar-refractivity contribution in [2.45, 2.75) is 13.8 Å². The second kappa shape index (κ2) is 10.2. The SMILES string of the molecule is COc1ccc(N=C2SC(=Cc3cc(Br)c(OC)cc3OC)C(=O)N2CC(C)C)cc1. The Bertz CT molecular complexity index is 1020. The minimum Gasteiger partial charge on any atom is -0.497 e. The lowest BCUT2D eigenvalue weighted by Crippen LogP contribution is -2.32. The fourth-order valence-electron chi connectivity index (χ4n) is 3.02. The van der Waals surface area contributed by atoms with E-state index < -0.39 is 0 Å². The molecular weight excluding hydrogens is 480 g/mol. The molecule has 1 saturated heterocycles. The topological polar surface area (TPSA) is 60.4 Å². The highest BCUT2D eigenvalue weighted by Crippen LogP contribution is 2.39. The minimum atomic E-state index is -0.0695. The summed E-state index contributed by atoms with van der Waals surface area (Å²) in [4.78, 5) is 20.3. The summed E-state index contributed by atoms with van der Waals surface area (Å²) in [5, 5.41) is 0.654. The van der Waals surface area contributed by atoms with Crippen LogP contribution in [0.5, 0.6) is 17.2 Å². The summed E-state index contributed by atoms with van der Waals surface area (Å²) in [6.45, 7) is 4.74. The fourth-order valence-corrected chi connectivity index (χ4v) is 4.54. The van der Waals surface area contributed by atoms with Gasteiger partial charge in [-0.1, -0.05) is 13.8 Å². The number of halogens is 1. The predicted octanol–water partition coefficient (Wildman–Crippen LogP) is 5.73. The second-order valence-corrected chi connectivity index (χ2v) is 9.10. The van der Waals surface area contributed by atoms with E-state index >= 15 is 0 Å². The van der Waals surface area contributed by atoms with Gasteiger partial charge in [0.25, 0.3) is 5.91 Å². The lowest BCUT2D eigenvalue weighted by Gasteiger charge is -2.17. The molecule has 0 aliphatic carbocycles. The molecule has 0 atom stereocenters. The maximum absolute atomic E-state index is 13.2. The molecular formula is C23H25BrN2O4S. The van der Waals surface area contributed by atoms with Crippen LogP contribution in [-0.2, 0) is 4.79 Å². The van der Waals surface area contributed by atoms with E-state index in [1.807, 2.05) is 36.4 Å². The molecule has 0 aromatic heterocycles. The van der Waals surface area contributed by atoms with Crippen LogP contribution in [0.15, 0.2) is 50.8 Å². The van der Waals surface area contributed by atoms with Crippen LogP contribution in [0.2, 0.25) is 0 Å². The molecule has 0 spiro atoms. The Balaban J connectivity index is 2.00. The van der Waals surface area contributed by atoms with Crippen LogP contribution in [0.4, 0.5) is 5.69 Å². The third kappa shape index (κ3) is 5.43. The Morgan fingerprint density at radius 2 is 1.74 bits per heavy atom. The maximum Gasteiger partial charge on any atom is 0.266 e. The van der Waals surface area contributed by atoms with Crippen molar-refractivity contribution in [3.05, 3.63) is 51.3 Å². The number of thioether (sulfide) groups is 1. The number of amidine groups is 1. The molecule has 0 bridgehead atoms. The largest absolute Gasteiger partial charge is 0.497 e. The lowest BCUT2D eigenvalue weighted by atomic mass is 10.1. The summed E-state index contributed by atoms with van der Waals surface area (Å²) in [7, 11) is 4.81. The molecule has 1 fully saturated rings. The third-order valence-corrected chi connectivity index (χ3v) is 6.15. The van der Waals surface area contributed by atoms with E-state index in [0.29, 0.717) is 34.0 Å². The summed E-state index contributed by atoms with van der Waals surface area (Å²) < 4.78 is 16.8. The maximum atomic E-state index is 13.2. The van der Waals surface area contributed by atoms with Crippen molar-refractivity contribution in [3.63, 3.8) is 0 Å². The molecule has 164 valence electrons. The van der Waals surface area contributed by atoms with E-state index in [0.717, 1.165) is 21.5 Å². The summed E-state index contributed by atoms with van der Waals surface area (Å²) >= 11 is 4.86. The molecule has 1 heterocycles. The van der Waals surface area contributed by atoms with Gasteiger partial charge in [0.05, 0.1) is 36.4 Å². The highest BCUT2D eigenvalue weighted by atomic mass is 79.9. The number of aliphatic imine (C=N–C) groups is 1. The van der Waals surface area contributed by atoms with Crippen molar-refractivity contribution in [3.8, 4) is 17.2 Å². The highest BCUT2D eigenvalue weighted by molar-refractivity contribution is 9.10. The average molecular weight is 505 g/mol. The molecule has 1 aliphatic heterocycles. The summed E-state index contributed by atoms with van der Waals surface area (Å²) in [5.74, 6) is 2.27. The molecule has 3 rings (SSSR count). The van der Waals surface area contributed by atoms with Gasteiger partial charge in [-0.25, -0.2) is 4.99 Å². The average Bonchev–Trinajstić information content (AvgIpc) is 3.03. The van der Waals surface area contributed by atoms with Gasteiger partial charge in [0.2, 0.25) is 0 Å². The molecule has 0 radical (unpaired) electrons. The van der Waals surface area contributed by atoms with Gasteiger partial charge in [-0.3, -0.25) is 9.69 Å². The van der Waals surface area contributed by atoms with Crippen LogP contribution >= 0.6 is 27.7 Å². The van der Waals surface area contributed by atoms with E-state index in [4.69, 9.17) is 19.2 Å². The van der Waals surface area contributed by atoms with Crippen molar-refractivity contribution in [2.24, 2.45) is 10.9 Å². The number of methoxy groups -OCH3 is 3. The number of rotatable bonds is 7. The number of carbonyl (C=O) groups excluding carboxylic acids is 1. The molecule has 1 aliphatic rings. The quantitative estimate of drug-likeness (QED) is 0.450. The van der Waals surface area contributed by atoms with Crippen molar-refractivity contribution < 1.29 is 19.0 Å². The number of nitrogens with zero attached hydrogens (tertiary/aromatic N) is 2. The van der Waals surface area contributed by atoms with E-state index in [2.05, 4.69) is 29.8 Å². The van der Waals surface area contributed by atoms with Gasteiger partial charge in [-0.2, -0.15) is 0 Å². The van der Waals surface area contributed by atoms with Crippen molar-refractivity contribution in [1.29, 1.82) is 0 Å². The van der Waals surface area contributed by atoms with Crippen molar-refractivity contribution in [1.82, 2.24) is 4.90 Å². The Hall–Kier alpha value is -2.45. The van der Waals surface area contributed by atoms with Crippen LogP contribution in [0, 0.1) is 5.92 Å². The van der Waals surface area contributed by atoms with Gasteiger partial charge in [-0.15, -0.1) is 0 Å². The Kier molecular flexibility index (Phi) is 7.67. The summed E-state index contributed by atoms with van der Waals surface area (Å²) in [6, 6.07) is 11.1. The van der Waals surface area contributed by atoms with Crippen molar-refractivity contribution in [2.75, 3.05) is 27.9 Å². The molecule has 2 aromatic rings. The smallest absolute Gasteiger partial charge is 0.266 e. The molecule has 0 saturated carbocycles. The molecule has 2 aromatic carbocycles. The number of amides is 1. The Morgan fingerprint density at radius 3 is 2.32 bits per heavy atom. The number of benzene rings is 2. The molecule has 0 unspecified atom stereocenters. The minimum absolute atomic E-state index is 0.0695. The molecule has 0 N–H and O–H groups in total. The van der Waals surface area contributed by atoms with Gasteiger partial charge >= 0.3 is 0 Å². The first-order valence-corrected chi connectivity index (χ1v) is 11.3. The van der Waals surface area contributed by atoms with Gasteiger partial charge in [0.15, 0.2) is 5.17 Å². The second-order valence-electron chi connectivity index (χ2n) is 7.24. The Labute approximate surface area is 195 Å². The first-order valence-electron chi connectivity index (χ1n) is 9.72. The third-order valence-electron chi connectivity index (χ3n) is 4.52. The van der Waals surface area contributed by atoms with Gasteiger partial charge in [-0.05, 0) is 70.0 Å². The summed E-state index contributed by atoms with van der Waals surface area (Å²) in [6.07, 6.45) is 1.83. The van der Waals surface area contributed by atoms with E-state index in [9.17, 15) is 4.79 Å². The van der Waals surface area contributed by atoms with Gasteiger partial charge in [0, 0.05) is 18.2 Å². The van der Waals surface area contributed by atoms with E-state index in [1.54, 1.807) is 32.3 Å². The first-order chi connectivity index (χ1) is 14.9. The normalized spacial score (nSPS) is 16.5. The number of hydrogen-bond acceptors (Lipinski definition) is 6. The van der Waals surface area contributed by atoms with Crippen LogP contribution in [0.3, 0.4) is 0 Å². The van der Waals surface area contributed by atoms with Crippen LogP contribution in [0.1, 0.15) is 19.4 Å².